The molecule has 0 unspecified atom stereocenters. The molecule has 1 aromatic carbocycles. The second-order valence-electron chi connectivity index (χ2n) is 4.80. The third-order valence-electron chi connectivity index (χ3n) is 2.70. The number of benzene rings is 1. The summed E-state index contributed by atoms with van der Waals surface area (Å²) in [6, 6.07) is 4.19. The molecule has 20 heavy (non-hydrogen) atoms. The van der Waals surface area contributed by atoms with Gasteiger partial charge < -0.3 is 10.6 Å². The van der Waals surface area contributed by atoms with Crippen LogP contribution in [0.25, 0.3) is 0 Å². The number of hydrogen-bond acceptors (Lipinski definition) is 4. The average Bonchev–Trinajstić information content (AvgIpc) is 2.30. The van der Waals surface area contributed by atoms with Gasteiger partial charge in [-0.3, -0.25) is 4.79 Å². The highest BCUT2D eigenvalue weighted by Crippen LogP contribution is 2.26. The van der Waals surface area contributed by atoms with Crippen molar-refractivity contribution in [1.29, 1.82) is 0 Å². The highest BCUT2D eigenvalue weighted by molar-refractivity contribution is 9.10. The van der Waals surface area contributed by atoms with E-state index in [0.717, 1.165) is 0 Å². The minimum absolute atomic E-state index is 0.0201. The highest BCUT2D eigenvalue weighted by Gasteiger charge is 2.26. The van der Waals surface area contributed by atoms with Crippen LogP contribution in [0.3, 0.4) is 0 Å². The molecular weight excluding hydrogens is 346 g/mol. The molecule has 4 N–H and O–H groups in total. The Morgan fingerprint density at radius 3 is 2.45 bits per heavy atom. The van der Waals surface area contributed by atoms with Gasteiger partial charge in [-0.2, -0.15) is 0 Å². The van der Waals surface area contributed by atoms with Crippen LogP contribution in [0.2, 0.25) is 0 Å². The van der Waals surface area contributed by atoms with Crippen molar-refractivity contribution >= 4 is 37.5 Å². The molecule has 0 saturated carbocycles. The molecule has 1 aromatic rings. The van der Waals surface area contributed by atoms with Crippen molar-refractivity contribution in [3.63, 3.8) is 0 Å². The van der Waals surface area contributed by atoms with Crippen molar-refractivity contribution in [2.75, 3.05) is 11.9 Å². The van der Waals surface area contributed by atoms with Crippen LogP contribution >= 0.6 is 15.9 Å². The van der Waals surface area contributed by atoms with E-state index in [1.165, 1.54) is 18.2 Å². The predicted molar refractivity (Wildman–Crippen MR) is 81.9 cm³/mol. The topological polar surface area (TPSA) is 101 Å². The first-order valence-corrected chi connectivity index (χ1v) is 8.30. The van der Waals surface area contributed by atoms with E-state index in [1.807, 2.05) is 6.92 Å². The molecule has 112 valence electrons. The third kappa shape index (κ3) is 4.27. The van der Waals surface area contributed by atoms with E-state index >= 15 is 0 Å². The smallest absolute Gasteiger partial charge is 0.244 e. The van der Waals surface area contributed by atoms with Gasteiger partial charge in [0.15, 0.2) is 0 Å². The van der Waals surface area contributed by atoms with E-state index in [-0.39, 0.29) is 10.8 Å². The minimum atomic E-state index is -3.76. The summed E-state index contributed by atoms with van der Waals surface area (Å²) in [7, 11) is -3.76. The second-order valence-corrected chi connectivity index (χ2v) is 7.21. The lowest BCUT2D eigenvalue weighted by molar-refractivity contribution is -0.121. The van der Waals surface area contributed by atoms with Gasteiger partial charge in [-0.05, 0) is 54.5 Å². The van der Waals surface area contributed by atoms with Gasteiger partial charge in [-0.1, -0.05) is 6.92 Å². The summed E-state index contributed by atoms with van der Waals surface area (Å²) in [5.41, 5.74) is -0.249. The number of carbonyl (C=O) groups is 1. The van der Waals surface area contributed by atoms with E-state index in [2.05, 4.69) is 26.6 Å². The zero-order valence-corrected chi connectivity index (χ0v) is 13.9. The lowest BCUT2D eigenvalue weighted by atomic mass is 10.0. The molecule has 0 aliphatic rings. The molecule has 0 aromatic heterocycles. The number of hydrogen-bond donors (Lipinski definition) is 3. The fourth-order valence-electron chi connectivity index (χ4n) is 1.57. The largest absolute Gasteiger partial charge is 0.323 e. The zero-order valence-electron chi connectivity index (χ0n) is 11.5. The standard InChI is InChI=1S/C12H18BrN3O3S/c1-4-15-12(2,3)11(17)16-10-6-5-8(7-9(10)13)20(14,18)19/h5-7,15H,4H2,1-3H3,(H,16,17)(H2,14,18,19). The third-order valence-corrected chi connectivity index (χ3v) is 4.27. The van der Waals surface area contributed by atoms with Gasteiger partial charge in [0.1, 0.15) is 0 Å². The van der Waals surface area contributed by atoms with E-state index in [4.69, 9.17) is 5.14 Å². The summed E-state index contributed by atoms with van der Waals surface area (Å²) >= 11 is 3.22. The van der Waals surface area contributed by atoms with Crippen LogP contribution in [0, 0.1) is 0 Å². The SMILES string of the molecule is CCNC(C)(C)C(=O)Nc1ccc(S(N)(=O)=O)cc1Br. The molecule has 0 radical (unpaired) electrons. The molecule has 8 heteroatoms. The Kier molecular flexibility index (Phi) is 5.31. The number of carbonyl (C=O) groups excluding carboxylic acids is 1. The molecule has 0 fully saturated rings. The number of primary sulfonamides is 1. The Labute approximate surface area is 127 Å². The van der Waals surface area contributed by atoms with Crippen LogP contribution in [-0.4, -0.2) is 26.4 Å². The van der Waals surface area contributed by atoms with Gasteiger partial charge in [0.25, 0.3) is 0 Å². The Hall–Kier alpha value is -0.960. The molecule has 0 aliphatic carbocycles. The number of likely N-dealkylation sites (N-methyl/N-ethyl adjacent to an activating group) is 1. The molecule has 1 rings (SSSR count). The summed E-state index contributed by atoms with van der Waals surface area (Å²) < 4.78 is 22.9. The van der Waals surface area contributed by atoms with Gasteiger partial charge in [-0.25, -0.2) is 13.6 Å². The number of nitrogens with two attached hydrogens (primary N) is 1. The maximum absolute atomic E-state index is 12.1. The lowest BCUT2D eigenvalue weighted by Crippen LogP contribution is -2.49. The molecule has 0 spiro atoms. The van der Waals surface area contributed by atoms with E-state index in [9.17, 15) is 13.2 Å². The molecule has 6 nitrogen and oxygen atoms in total. The van der Waals surface area contributed by atoms with Gasteiger partial charge in [0.05, 0.1) is 16.1 Å². The van der Waals surface area contributed by atoms with Gasteiger partial charge in [0, 0.05) is 4.47 Å². The average molecular weight is 364 g/mol. The first-order valence-electron chi connectivity index (χ1n) is 5.96. The molecule has 0 bridgehead atoms. The number of rotatable bonds is 5. The number of nitrogens with one attached hydrogen (secondary N) is 2. The number of anilines is 1. The van der Waals surface area contributed by atoms with Crippen molar-refractivity contribution in [3.05, 3.63) is 22.7 Å². The van der Waals surface area contributed by atoms with Crippen molar-refractivity contribution in [2.24, 2.45) is 5.14 Å². The summed E-state index contributed by atoms with van der Waals surface area (Å²) in [5.74, 6) is -0.219. The monoisotopic (exact) mass is 363 g/mol. The Morgan fingerprint density at radius 2 is 2.00 bits per heavy atom. The van der Waals surface area contributed by atoms with Gasteiger partial charge in [-0.15, -0.1) is 0 Å². The van der Waals surface area contributed by atoms with Crippen LogP contribution in [-0.2, 0) is 14.8 Å². The molecule has 0 heterocycles. The molecular formula is C12H18BrN3O3S. The fourth-order valence-corrected chi connectivity index (χ4v) is 2.74. The number of amides is 1. The van der Waals surface area contributed by atoms with Crippen molar-refractivity contribution < 1.29 is 13.2 Å². The summed E-state index contributed by atoms with van der Waals surface area (Å²) in [5, 5.41) is 10.8. The molecule has 1 amide bonds. The fraction of sp³-hybridized carbons (Fsp3) is 0.417. The molecule has 0 aliphatic heterocycles. The van der Waals surface area contributed by atoms with Crippen LogP contribution < -0.4 is 15.8 Å². The first kappa shape index (κ1) is 17.1. The normalized spacial score (nSPS) is 12.2. The van der Waals surface area contributed by atoms with Crippen LogP contribution in [0.4, 0.5) is 5.69 Å². The van der Waals surface area contributed by atoms with Crippen LogP contribution in [0.15, 0.2) is 27.6 Å². The van der Waals surface area contributed by atoms with Crippen LogP contribution in [0.5, 0.6) is 0 Å². The number of halogens is 1. The second kappa shape index (κ2) is 6.21. The summed E-state index contributed by atoms with van der Waals surface area (Å²) in [4.78, 5) is 12.1. The van der Waals surface area contributed by atoms with E-state index < -0.39 is 15.6 Å². The molecule has 0 saturated heterocycles. The zero-order chi connectivity index (χ0) is 15.6. The van der Waals surface area contributed by atoms with Gasteiger partial charge in [0.2, 0.25) is 15.9 Å². The van der Waals surface area contributed by atoms with Gasteiger partial charge >= 0.3 is 0 Å². The summed E-state index contributed by atoms with van der Waals surface area (Å²) in [6.07, 6.45) is 0. The Morgan fingerprint density at radius 1 is 1.40 bits per heavy atom. The highest BCUT2D eigenvalue weighted by atomic mass is 79.9. The lowest BCUT2D eigenvalue weighted by Gasteiger charge is -2.24. The predicted octanol–water partition coefficient (Wildman–Crippen LogP) is 1.42. The Bertz CT molecular complexity index is 614. The quantitative estimate of drug-likeness (QED) is 0.736. The maximum Gasteiger partial charge on any atom is 0.244 e. The van der Waals surface area contributed by atoms with E-state index in [1.54, 1.807) is 13.8 Å². The number of sulfonamides is 1. The Balaban J connectivity index is 2.98. The van der Waals surface area contributed by atoms with Crippen molar-refractivity contribution in [1.82, 2.24) is 5.32 Å². The van der Waals surface area contributed by atoms with Crippen molar-refractivity contribution in [3.8, 4) is 0 Å². The minimum Gasteiger partial charge on any atom is -0.323 e. The summed E-state index contributed by atoms with van der Waals surface area (Å²) in [6.45, 7) is 6.09. The van der Waals surface area contributed by atoms with Crippen LogP contribution in [0.1, 0.15) is 20.8 Å². The first-order chi connectivity index (χ1) is 9.08. The van der Waals surface area contributed by atoms with E-state index in [0.29, 0.717) is 16.7 Å². The molecule has 0 atom stereocenters. The maximum atomic E-state index is 12.1. The van der Waals surface area contributed by atoms with Crippen molar-refractivity contribution in [2.45, 2.75) is 31.2 Å².